The summed E-state index contributed by atoms with van der Waals surface area (Å²) in [6.07, 6.45) is 1.10. The number of nitrogens with zero attached hydrogens (tertiary/aromatic N) is 3. The Morgan fingerprint density at radius 2 is 1.68 bits per heavy atom. The first-order valence-corrected chi connectivity index (χ1v) is 6.50. The van der Waals surface area contributed by atoms with Crippen LogP contribution in [0.15, 0.2) is 61.4 Å². The first kappa shape index (κ1) is 15.2. The van der Waals surface area contributed by atoms with Crippen molar-refractivity contribution >= 4 is 17.0 Å². The Balaban J connectivity index is 0.000000254. The van der Waals surface area contributed by atoms with Gasteiger partial charge in [0.25, 0.3) is 0 Å². The van der Waals surface area contributed by atoms with Crippen molar-refractivity contribution in [2.45, 2.75) is 6.92 Å². The van der Waals surface area contributed by atoms with E-state index >= 15 is 0 Å². The molecule has 0 amide bonds. The topological polar surface area (TPSA) is 77.2 Å². The molecule has 0 atom stereocenters. The minimum atomic E-state index is -0.329. The zero-order valence-corrected chi connectivity index (χ0v) is 12.0. The molecule has 2 aromatic carbocycles. The van der Waals surface area contributed by atoms with Crippen molar-refractivity contribution in [1.29, 1.82) is 0 Å². The predicted molar refractivity (Wildman–Crippen MR) is 82.5 cm³/mol. The monoisotopic (exact) mass is 297 g/mol. The van der Waals surface area contributed by atoms with E-state index in [2.05, 4.69) is 21.5 Å². The third kappa shape index (κ3) is 3.69. The van der Waals surface area contributed by atoms with Crippen molar-refractivity contribution in [3.8, 4) is 11.4 Å². The van der Waals surface area contributed by atoms with Crippen molar-refractivity contribution in [2.75, 3.05) is 0 Å². The number of phenolic OH excluding ortho intramolecular Hbond substituents is 1. The van der Waals surface area contributed by atoms with Crippen LogP contribution in [-0.4, -0.2) is 26.1 Å². The van der Waals surface area contributed by atoms with Gasteiger partial charge in [0.05, 0.1) is 6.26 Å². The van der Waals surface area contributed by atoms with E-state index in [1.165, 1.54) is 11.7 Å². The summed E-state index contributed by atoms with van der Waals surface area (Å²) in [6.45, 7) is 4.48. The summed E-state index contributed by atoms with van der Waals surface area (Å²) in [6, 6.07) is 14.6. The van der Waals surface area contributed by atoms with Crippen LogP contribution in [0.2, 0.25) is 0 Å². The van der Waals surface area contributed by atoms with Crippen LogP contribution in [0.3, 0.4) is 0 Å². The van der Waals surface area contributed by atoms with Crippen molar-refractivity contribution < 1.29 is 14.6 Å². The van der Waals surface area contributed by atoms with E-state index in [0.29, 0.717) is 5.69 Å². The first-order valence-electron chi connectivity index (χ1n) is 6.50. The number of para-hydroxylation sites is 2. The largest absolute Gasteiger partial charge is 0.506 e. The molecule has 1 heterocycles. The second kappa shape index (κ2) is 7.03. The Kier molecular flexibility index (Phi) is 4.87. The van der Waals surface area contributed by atoms with Gasteiger partial charge in [-0.3, -0.25) is 4.79 Å². The minimum Gasteiger partial charge on any atom is -0.506 e. The highest BCUT2D eigenvalue weighted by molar-refractivity contribution is 5.73. The standard InChI is InChI=1S/C12H9N3O.C4H6O2/c16-12-8-4-3-7-11(12)15-13-9-5-1-2-6-10(9)14-15;1-3-6-4(2)5/h1-8,16H;3H,1H2,2H3. The van der Waals surface area contributed by atoms with Gasteiger partial charge < -0.3 is 9.84 Å². The fourth-order valence-corrected chi connectivity index (χ4v) is 1.72. The quantitative estimate of drug-likeness (QED) is 0.581. The van der Waals surface area contributed by atoms with Crippen LogP contribution in [0, 0.1) is 0 Å². The summed E-state index contributed by atoms with van der Waals surface area (Å²) >= 11 is 0. The highest BCUT2D eigenvalue weighted by Crippen LogP contribution is 2.20. The zero-order valence-electron chi connectivity index (χ0n) is 12.0. The Morgan fingerprint density at radius 1 is 1.14 bits per heavy atom. The minimum absolute atomic E-state index is 0.169. The van der Waals surface area contributed by atoms with E-state index < -0.39 is 0 Å². The molecule has 0 saturated carbocycles. The van der Waals surface area contributed by atoms with Gasteiger partial charge in [0, 0.05) is 6.92 Å². The molecule has 3 rings (SSSR count). The molecule has 1 N–H and O–H groups in total. The van der Waals surface area contributed by atoms with E-state index in [4.69, 9.17) is 0 Å². The van der Waals surface area contributed by atoms with Gasteiger partial charge in [-0.05, 0) is 24.3 Å². The van der Waals surface area contributed by atoms with Gasteiger partial charge in [-0.15, -0.1) is 15.0 Å². The molecule has 112 valence electrons. The first-order chi connectivity index (χ1) is 10.6. The molecule has 0 radical (unpaired) electrons. The Labute approximate surface area is 127 Å². The number of carbonyl (C=O) groups is 1. The molecule has 1 aromatic heterocycles. The lowest BCUT2D eigenvalue weighted by atomic mass is 10.3. The highest BCUT2D eigenvalue weighted by atomic mass is 16.5. The third-order valence-electron chi connectivity index (χ3n) is 2.63. The maximum atomic E-state index is 9.75. The Hall–Kier alpha value is -3.15. The molecule has 0 fully saturated rings. The predicted octanol–water partition coefficient (Wildman–Crippen LogP) is 2.82. The molecule has 22 heavy (non-hydrogen) atoms. The normalized spacial score (nSPS) is 9.68. The van der Waals surface area contributed by atoms with Gasteiger partial charge in [0.2, 0.25) is 0 Å². The van der Waals surface area contributed by atoms with Gasteiger partial charge in [-0.1, -0.05) is 30.8 Å². The van der Waals surface area contributed by atoms with Crippen LogP contribution in [0.5, 0.6) is 5.75 Å². The van der Waals surface area contributed by atoms with Crippen molar-refractivity contribution in [3.05, 3.63) is 61.4 Å². The molecule has 0 unspecified atom stereocenters. The highest BCUT2D eigenvalue weighted by Gasteiger charge is 2.06. The number of rotatable bonds is 2. The molecule has 0 aliphatic rings. The summed E-state index contributed by atoms with van der Waals surface area (Å²) in [5.41, 5.74) is 2.20. The number of hydrogen-bond acceptors (Lipinski definition) is 5. The number of carbonyl (C=O) groups excluding carboxylic acids is 1. The van der Waals surface area contributed by atoms with E-state index in [0.717, 1.165) is 17.3 Å². The molecule has 0 aliphatic carbocycles. The van der Waals surface area contributed by atoms with E-state index in [9.17, 15) is 9.90 Å². The molecule has 3 aromatic rings. The SMILES string of the molecule is C=COC(C)=O.Oc1ccccc1-n1nc2ccccc2n1. The van der Waals surface area contributed by atoms with Gasteiger partial charge >= 0.3 is 5.97 Å². The van der Waals surface area contributed by atoms with Crippen LogP contribution in [0.4, 0.5) is 0 Å². The summed E-state index contributed by atoms with van der Waals surface area (Å²) in [5.74, 6) is -0.159. The lowest BCUT2D eigenvalue weighted by Crippen LogP contribution is -1.98. The van der Waals surface area contributed by atoms with Crippen LogP contribution >= 0.6 is 0 Å². The van der Waals surface area contributed by atoms with Crippen LogP contribution < -0.4 is 0 Å². The van der Waals surface area contributed by atoms with Crippen molar-refractivity contribution in [3.63, 3.8) is 0 Å². The van der Waals surface area contributed by atoms with Gasteiger partial charge in [0.15, 0.2) is 0 Å². The molecule has 0 spiro atoms. The second-order valence-electron chi connectivity index (χ2n) is 4.24. The lowest BCUT2D eigenvalue weighted by Gasteiger charge is -2.00. The number of fused-ring (bicyclic) bond motifs is 1. The summed E-state index contributed by atoms with van der Waals surface area (Å²) < 4.78 is 4.17. The van der Waals surface area contributed by atoms with Crippen LogP contribution in [0.1, 0.15) is 6.92 Å². The van der Waals surface area contributed by atoms with Crippen LogP contribution in [-0.2, 0) is 9.53 Å². The lowest BCUT2D eigenvalue weighted by molar-refractivity contribution is -0.135. The Morgan fingerprint density at radius 3 is 2.14 bits per heavy atom. The molecule has 0 bridgehead atoms. The number of esters is 1. The van der Waals surface area contributed by atoms with Crippen molar-refractivity contribution in [1.82, 2.24) is 15.0 Å². The summed E-state index contributed by atoms with van der Waals surface area (Å²) in [5, 5.41) is 18.3. The number of benzene rings is 2. The zero-order chi connectivity index (χ0) is 15.9. The van der Waals surface area contributed by atoms with E-state index in [1.807, 2.05) is 30.3 Å². The number of phenols is 1. The van der Waals surface area contributed by atoms with Gasteiger partial charge in [-0.25, -0.2) is 0 Å². The molecular weight excluding hydrogens is 282 g/mol. The molecular formula is C16H15N3O3. The van der Waals surface area contributed by atoms with E-state index in [-0.39, 0.29) is 11.7 Å². The summed E-state index contributed by atoms with van der Waals surface area (Å²) in [4.78, 5) is 11.2. The molecule has 6 heteroatoms. The number of aromatic nitrogens is 3. The molecule has 6 nitrogen and oxygen atoms in total. The maximum absolute atomic E-state index is 9.75. The fourth-order valence-electron chi connectivity index (χ4n) is 1.72. The van der Waals surface area contributed by atoms with Gasteiger partial charge in [0.1, 0.15) is 22.5 Å². The number of aromatic hydroxyl groups is 1. The molecule has 0 saturated heterocycles. The summed E-state index contributed by atoms with van der Waals surface area (Å²) in [7, 11) is 0. The Bertz CT molecular complexity index is 763. The van der Waals surface area contributed by atoms with E-state index in [1.54, 1.807) is 18.2 Å². The number of ether oxygens (including phenoxy) is 1. The second-order valence-corrected chi connectivity index (χ2v) is 4.24. The average Bonchev–Trinajstić information content (AvgIpc) is 2.92. The van der Waals surface area contributed by atoms with Crippen LogP contribution in [0.25, 0.3) is 16.7 Å². The van der Waals surface area contributed by atoms with Crippen molar-refractivity contribution in [2.24, 2.45) is 0 Å². The maximum Gasteiger partial charge on any atom is 0.307 e. The molecule has 0 aliphatic heterocycles. The van der Waals surface area contributed by atoms with Gasteiger partial charge in [-0.2, -0.15) is 0 Å². The number of hydrogen-bond donors (Lipinski definition) is 1. The fraction of sp³-hybridized carbons (Fsp3) is 0.0625. The third-order valence-corrected chi connectivity index (χ3v) is 2.63. The average molecular weight is 297 g/mol. The smallest absolute Gasteiger partial charge is 0.307 e.